The van der Waals surface area contributed by atoms with Gasteiger partial charge in [-0.15, -0.1) is 0 Å². The molecule has 0 unspecified atom stereocenters. The molecule has 6 heteroatoms. The van der Waals surface area contributed by atoms with Crippen LogP contribution in [-0.4, -0.2) is 20.5 Å². The van der Waals surface area contributed by atoms with Crippen molar-refractivity contribution >= 4 is 21.3 Å². The molecule has 0 aromatic heterocycles. The number of carbonyl (C=O) groups excluding carboxylic acids is 1. The Hall–Kier alpha value is -3.43. The van der Waals surface area contributed by atoms with Crippen molar-refractivity contribution < 1.29 is 13.2 Å². The lowest BCUT2D eigenvalue weighted by atomic mass is 9.99. The SMILES string of the molecule is CC(=O)c1ccc(S(C)(=O)=O)c(NCc2ccc(-c3ccccc3C#N)cc2)c1. The second-order valence-electron chi connectivity index (χ2n) is 6.75. The highest BCUT2D eigenvalue weighted by Gasteiger charge is 2.15. The van der Waals surface area contributed by atoms with Crippen molar-refractivity contribution in [2.75, 3.05) is 11.6 Å². The number of sulfone groups is 1. The van der Waals surface area contributed by atoms with Gasteiger partial charge in [0.2, 0.25) is 0 Å². The fourth-order valence-corrected chi connectivity index (χ4v) is 3.89. The molecule has 0 radical (unpaired) electrons. The van der Waals surface area contributed by atoms with Crippen LogP contribution in [0.4, 0.5) is 5.69 Å². The quantitative estimate of drug-likeness (QED) is 0.614. The molecule has 29 heavy (non-hydrogen) atoms. The molecule has 3 aromatic carbocycles. The molecule has 3 rings (SSSR count). The Morgan fingerprint density at radius 2 is 1.72 bits per heavy atom. The summed E-state index contributed by atoms with van der Waals surface area (Å²) in [4.78, 5) is 11.8. The Morgan fingerprint density at radius 1 is 1.03 bits per heavy atom. The van der Waals surface area contributed by atoms with Crippen LogP contribution >= 0.6 is 0 Å². The fraction of sp³-hybridized carbons (Fsp3) is 0.130. The van der Waals surface area contributed by atoms with Crippen molar-refractivity contribution in [3.05, 3.63) is 83.4 Å². The minimum atomic E-state index is -3.44. The molecule has 0 saturated heterocycles. The summed E-state index contributed by atoms with van der Waals surface area (Å²) in [5.41, 5.74) is 4.19. The Kier molecular flexibility index (Phi) is 5.81. The number of anilines is 1. The molecule has 0 fully saturated rings. The zero-order valence-electron chi connectivity index (χ0n) is 16.1. The lowest BCUT2D eigenvalue weighted by Gasteiger charge is -2.13. The molecule has 0 spiro atoms. The van der Waals surface area contributed by atoms with Gasteiger partial charge in [-0.05, 0) is 47.9 Å². The summed E-state index contributed by atoms with van der Waals surface area (Å²) < 4.78 is 24.1. The average molecular weight is 404 g/mol. The van der Waals surface area contributed by atoms with Gasteiger partial charge >= 0.3 is 0 Å². The summed E-state index contributed by atoms with van der Waals surface area (Å²) >= 11 is 0. The highest BCUT2D eigenvalue weighted by atomic mass is 32.2. The van der Waals surface area contributed by atoms with Crippen LogP contribution in [0.1, 0.15) is 28.4 Å². The number of nitriles is 1. The third kappa shape index (κ3) is 4.71. The number of carbonyl (C=O) groups is 1. The minimum absolute atomic E-state index is 0.131. The lowest BCUT2D eigenvalue weighted by molar-refractivity contribution is 0.101. The zero-order valence-corrected chi connectivity index (χ0v) is 17.0. The number of Topliss-reactive ketones (excluding diaryl/α,β-unsaturated/α-hetero) is 1. The maximum atomic E-state index is 12.1. The van der Waals surface area contributed by atoms with Gasteiger partial charge in [0.05, 0.1) is 22.2 Å². The van der Waals surface area contributed by atoms with Gasteiger partial charge in [0.25, 0.3) is 0 Å². The van der Waals surface area contributed by atoms with Crippen molar-refractivity contribution in [1.82, 2.24) is 0 Å². The summed E-state index contributed by atoms with van der Waals surface area (Å²) in [5, 5.41) is 12.4. The molecule has 0 aliphatic heterocycles. The second-order valence-corrected chi connectivity index (χ2v) is 8.73. The van der Waals surface area contributed by atoms with Gasteiger partial charge in [-0.3, -0.25) is 4.79 Å². The van der Waals surface area contributed by atoms with E-state index < -0.39 is 9.84 Å². The van der Waals surface area contributed by atoms with E-state index in [-0.39, 0.29) is 10.7 Å². The number of hydrogen-bond donors (Lipinski definition) is 1. The van der Waals surface area contributed by atoms with E-state index in [4.69, 9.17) is 0 Å². The molecule has 0 heterocycles. The van der Waals surface area contributed by atoms with Gasteiger partial charge in [0.15, 0.2) is 15.6 Å². The van der Waals surface area contributed by atoms with Gasteiger partial charge in [-0.25, -0.2) is 8.42 Å². The number of benzene rings is 3. The predicted octanol–water partition coefficient (Wildman–Crippen LogP) is 4.44. The van der Waals surface area contributed by atoms with Crippen LogP contribution in [0, 0.1) is 11.3 Å². The highest BCUT2D eigenvalue weighted by Crippen LogP contribution is 2.26. The first kappa shape index (κ1) is 20.3. The van der Waals surface area contributed by atoms with Crippen LogP contribution in [0.2, 0.25) is 0 Å². The fourth-order valence-electron chi connectivity index (χ4n) is 3.04. The maximum Gasteiger partial charge on any atom is 0.177 e. The zero-order chi connectivity index (χ0) is 21.0. The third-order valence-corrected chi connectivity index (χ3v) is 5.74. The van der Waals surface area contributed by atoms with Gasteiger partial charge < -0.3 is 5.32 Å². The van der Waals surface area contributed by atoms with Gasteiger partial charge in [0.1, 0.15) is 0 Å². The summed E-state index contributed by atoms with van der Waals surface area (Å²) in [6, 6.07) is 21.8. The molecular formula is C23H20N2O3S. The maximum absolute atomic E-state index is 12.1. The Morgan fingerprint density at radius 3 is 2.34 bits per heavy atom. The lowest BCUT2D eigenvalue weighted by Crippen LogP contribution is -2.08. The highest BCUT2D eigenvalue weighted by molar-refractivity contribution is 7.90. The molecule has 0 bridgehead atoms. The van der Waals surface area contributed by atoms with Gasteiger partial charge in [-0.2, -0.15) is 5.26 Å². The molecule has 3 aromatic rings. The standard InChI is InChI=1S/C23H20N2O3S/c1-16(26)19-11-12-23(29(2,27)28)22(13-19)25-15-17-7-9-18(10-8-17)21-6-4-3-5-20(21)14-24/h3-13,25H,15H2,1-2H3. The molecule has 146 valence electrons. The predicted molar refractivity (Wildman–Crippen MR) is 113 cm³/mol. The number of hydrogen-bond acceptors (Lipinski definition) is 5. The first-order valence-corrected chi connectivity index (χ1v) is 10.9. The first-order chi connectivity index (χ1) is 13.8. The first-order valence-electron chi connectivity index (χ1n) is 8.97. The summed E-state index contributed by atoms with van der Waals surface area (Å²) in [6.07, 6.45) is 1.14. The van der Waals surface area contributed by atoms with Gasteiger partial charge in [0, 0.05) is 18.4 Å². The number of nitrogens with one attached hydrogen (secondary N) is 1. The number of rotatable bonds is 6. The van der Waals surface area contributed by atoms with Crippen LogP contribution < -0.4 is 5.32 Å². The van der Waals surface area contributed by atoms with Crippen LogP contribution in [-0.2, 0) is 16.4 Å². The Bertz CT molecular complexity index is 1210. The Labute approximate surface area is 170 Å². The molecule has 0 aliphatic carbocycles. The average Bonchev–Trinajstić information content (AvgIpc) is 2.71. The van der Waals surface area contributed by atoms with E-state index in [0.29, 0.717) is 23.4 Å². The van der Waals surface area contributed by atoms with Crippen molar-refractivity contribution in [3.63, 3.8) is 0 Å². The number of nitrogens with zero attached hydrogens (tertiary/aromatic N) is 1. The second kappa shape index (κ2) is 8.29. The third-order valence-electron chi connectivity index (χ3n) is 4.58. The van der Waals surface area contributed by atoms with Gasteiger partial charge in [-0.1, -0.05) is 42.5 Å². The molecule has 0 amide bonds. The molecule has 0 atom stereocenters. The van der Waals surface area contributed by atoms with E-state index in [0.717, 1.165) is 22.9 Å². The van der Waals surface area contributed by atoms with Crippen LogP contribution in [0.3, 0.4) is 0 Å². The monoisotopic (exact) mass is 404 g/mol. The molecule has 0 aliphatic rings. The van der Waals surface area contributed by atoms with E-state index in [1.807, 2.05) is 42.5 Å². The Balaban J connectivity index is 1.84. The van der Waals surface area contributed by atoms with E-state index in [1.165, 1.54) is 19.1 Å². The smallest absolute Gasteiger partial charge is 0.177 e. The molecule has 0 saturated carbocycles. The molecule has 5 nitrogen and oxygen atoms in total. The minimum Gasteiger partial charge on any atom is -0.380 e. The number of ketones is 1. The summed E-state index contributed by atoms with van der Waals surface area (Å²) in [6.45, 7) is 1.83. The molecular weight excluding hydrogens is 384 g/mol. The van der Waals surface area contributed by atoms with Crippen LogP contribution in [0.25, 0.3) is 11.1 Å². The normalized spacial score (nSPS) is 10.9. The van der Waals surface area contributed by atoms with Crippen molar-refractivity contribution in [2.45, 2.75) is 18.4 Å². The molecule has 1 N–H and O–H groups in total. The van der Waals surface area contributed by atoms with Crippen LogP contribution in [0.5, 0.6) is 0 Å². The summed E-state index contributed by atoms with van der Waals surface area (Å²) in [7, 11) is -3.44. The van der Waals surface area contributed by atoms with Crippen molar-refractivity contribution in [2.24, 2.45) is 0 Å². The topological polar surface area (TPSA) is 87.0 Å². The summed E-state index contributed by atoms with van der Waals surface area (Å²) in [5.74, 6) is -0.131. The van der Waals surface area contributed by atoms with E-state index in [1.54, 1.807) is 12.1 Å². The van der Waals surface area contributed by atoms with E-state index in [2.05, 4.69) is 11.4 Å². The van der Waals surface area contributed by atoms with Crippen LogP contribution in [0.15, 0.2) is 71.6 Å². The van der Waals surface area contributed by atoms with Crippen molar-refractivity contribution in [3.8, 4) is 17.2 Å². The largest absolute Gasteiger partial charge is 0.380 e. The van der Waals surface area contributed by atoms with Crippen molar-refractivity contribution in [1.29, 1.82) is 5.26 Å². The van der Waals surface area contributed by atoms with E-state index in [9.17, 15) is 18.5 Å². The van der Waals surface area contributed by atoms with E-state index >= 15 is 0 Å².